The van der Waals surface area contributed by atoms with Crippen molar-refractivity contribution in [2.24, 2.45) is 0 Å². The minimum Gasteiger partial charge on any atom is -0.388 e. The molecule has 7 nitrogen and oxygen atoms in total. The highest BCUT2D eigenvalue weighted by Crippen LogP contribution is 2.20. The lowest BCUT2D eigenvalue weighted by Crippen LogP contribution is -2.49. The van der Waals surface area contributed by atoms with E-state index < -0.39 is 21.7 Å². The molecule has 8 heteroatoms. The van der Waals surface area contributed by atoms with Crippen molar-refractivity contribution in [1.29, 1.82) is 0 Å². The molecule has 1 rings (SSSR count). The van der Waals surface area contributed by atoms with Crippen LogP contribution in [-0.4, -0.2) is 68.4 Å². The molecule has 0 aromatic heterocycles. The van der Waals surface area contributed by atoms with E-state index in [1.54, 1.807) is 6.92 Å². The van der Waals surface area contributed by atoms with Crippen molar-refractivity contribution in [3.05, 3.63) is 0 Å². The maximum Gasteiger partial charge on any atom is 0.238 e. The van der Waals surface area contributed by atoms with Gasteiger partial charge >= 0.3 is 0 Å². The van der Waals surface area contributed by atoms with Crippen LogP contribution in [0.3, 0.4) is 0 Å². The summed E-state index contributed by atoms with van der Waals surface area (Å²) in [6.07, 6.45) is 2.68. The van der Waals surface area contributed by atoms with Crippen LogP contribution < -0.4 is 5.32 Å². The lowest BCUT2D eigenvalue weighted by atomic mass is 10.0. The molecule has 0 radical (unpaired) electrons. The number of rotatable bonds is 7. The normalized spacial score (nSPS) is 23.5. The second-order valence-corrected chi connectivity index (χ2v) is 7.42. The molecule has 1 amide bonds. The van der Waals surface area contributed by atoms with Crippen LogP contribution in [0.4, 0.5) is 0 Å². The first kappa shape index (κ1) is 17.4. The Hall–Kier alpha value is -0.700. The highest BCUT2D eigenvalue weighted by Gasteiger charge is 2.36. The van der Waals surface area contributed by atoms with E-state index in [9.17, 15) is 18.3 Å². The van der Waals surface area contributed by atoms with Gasteiger partial charge < -0.3 is 15.2 Å². The van der Waals surface area contributed by atoms with Crippen molar-refractivity contribution in [3.63, 3.8) is 0 Å². The number of carbonyl (C=O) groups excluding carboxylic acids is 1. The Balaban J connectivity index is 2.54. The van der Waals surface area contributed by atoms with Gasteiger partial charge in [0.05, 0.1) is 11.9 Å². The van der Waals surface area contributed by atoms with E-state index in [4.69, 9.17) is 4.74 Å². The molecule has 118 valence electrons. The first-order valence-electron chi connectivity index (χ1n) is 6.63. The van der Waals surface area contributed by atoms with Crippen LogP contribution in [-0.2, 0) is 19.6 Å². The number of amides is 1. The molecule has 0 aromatic rings. The van der Waals surface area contributed by atoms with Crippen LogP contribution in [0.25, 0.3) is 0 Å². The molecule has 0 spiro atoms. The Morgan fingerprint density at radius 2 is 2.20 bits per heavy atom. The molecule has 20 heavy (non-hydrogen) atoms. The van der Waals surface area contributed by atoms with Crippen molar-refractivity contribution < 1.29 is 23.1 Å². The predicted octanol–water partition coefficient (Wildman–Crippen LogP) is -0.686. The molecule has 2 unspecified atom stereocenters. The zero-order valence-corrected chi connectivity index (χ0v) is 13.1. The van der Waals surface area contributed by atoms with E-state index in [0.717, 1.165) is 6.26 Å². The highest BCUT2D eigenvalue weighted by atomic mass is 32.2. The second-order valence-electron chi connectivity index (χ2n) is 5.49. The van der Waals surface area contributed by atoms with Crippen molar-refractivity contribution in [2.45, 2.75) is 37.8 Å². The molecule has 1 aliphatic rings. The summed E-state index contributed by atoms with van der Waals surface area (Å²) in [4.78, 5) is 12.1. The fourth-order valence-electron chi connectivity index (χ4n) is 2.20. The third kappa shape index (κ3) is 5.01. The molecule has 1 saturated heterocycles. The fourth-order valence-corrected chi connectivity index (χ4v) is 3.33. The van der Waals surface area contributed by atoms with Crippen LogP contribution in [0.15, 0.2) is 0 Å². The van der Waals surface area contributed by atoms with Crippen LogP contribution in [0.1, 0.15) is 26.2 Å². The largest absolute Gasteiger partial charge is 0.388 e. The Bertz CT molecular complexity index is 435. The molecule has 0 saturated carbocycles. The van der Waals surface area contributed by atoms with Crippen molar-refractivity contribution in [2.75, 3.05) is 33.1 Å². The van der Waals surface area contributed by atoms with Gasteiger partial charge in [0.25, 0.3) is 0 Å². The molecule has 0 aromatic carbocycles. The summed E-state index contributed by atoms with van der Waals surface area (Å²) in [5.74, 6) is -0.356. The molecule has 1 aliphatic heterocycles. The van der Waals surface area contributed by atoms with E-state index >= 15 is 0 Å². The van der Waals surface area contributed by atoms with E-state index in [2.05, 4.69) is 5.32 Å². The number of carbonyl (C=O) groups is 1. The van der Waals surface area contributed by atoms with E-state index in [-0.39, 0.29) is 12.5 Å². The maximum absolute atomic E-state index is 12.1. The van der Waals surface area contributed by atoms with E-state index in [0.29, 0.717) is 32.4 Å². The number of nitrogens with zero attached hydrogens (tertiary/aromatic N) is 1. The third-order valence-electron chi connectivity index (χ3n) is 3.42. The summed E-state index contributed by atoms with van der Waals surface area (Å²) < 4.78 is 29.2. The number of methoxy groups -OCH3 is 1. The van der Waals surface area contributed by atoms with Gasteiger partial charge in [0.1, 0.15) is 6.04 Å². The van der Waals surface area contributed by atoms with Crippen molar-refractivity contribution in [3.8, 4) is 0 Å². The van der Waals surface area contributed by atoms with Gasteiger partial charge in [-0.05, 0) is 19.8 Å². The molecule has 2 N–H and O–H groups in total. The summed E-state index contributed by atoms with van der Waals surface area (Å²) in [6, 6.07) is -0.664. The number of ether oxygens (including phenoxy) is 1. The van der Waals surface area contributed by atoms with Gasteiger partial charge in [-0.25, -0.2) is 8.42 Å². The minimum absolute atomic E-state index is 0.0727. The summed E-state index contributed by atoms with van der Waals surface area (Å²) in [5, 5.41) is 12.7. The number of aliphatic hydroxyl groups is 1. The molecule has 1 fully saturated rings. The third-order valence-corrected chi connectivity index (χ3v) is 4.71. The first-order chi connectivity index (χ1) is 9.17. The zero-order valence-electron chi connectivity index (χ0n) is 12.3. The monoisotopic (exact) mass is 308 g/mol. The van der Waals surface area contributed by atoms with Gasteiger partial charge in [0.2, 0.25) is 15.9 Å². The van der Waals surface area contributed by atoms with Crippen LogP contribution in [0, 0.1) is 0 Å². The highest BCUT2D eigenvalue weighted by molar-refractivity contribution is 7.88. The number of hydrogen-bond donors (Lipinski definition) is 2. The van der Waals surface area contributed by atoms with Crippen LogP contribution >= 0.6 is 0 Å². The van der Waals surface area contributed by atoms with Crippen molar-refractivity contribution in [1.82, 2.24) is 9.62 Å². The topological polar surface area (TPSA) is 95.9 Å². The maximum atomic E-state index is 12.1. The Morgan fingerprint density at radius 3 is 2.75 bits per heavy atom. The number of hydrogen-bond acceptors (Lipinski definition) is 5. The molecule has 1 heterocycles. The number of sulfonamides is 1. The average Bonchev–Trinajstić information content (AvgIpc) is 2.82. The SMILES string of the molecule is COCCC(C)(O)CNC(=O)C1CCCN1S(C)(=O)=O. The van der Waals surface area contributed by atoms with E-state index in [1.165, 1.54) is 11.4 Å². The quantitative estimate of drug-likeness (QED) is 0.649. The van der Waals surface area contributed by atoms with Gasteiger partial charge in [-0.3, -0.25) is 4.79 Å². The van der Waals surface area contributed by atoms with Gasteiger partial charge in [0.15, 0.2) is 0 Å². The van der Waals surface area contributed by atoms with Gasteiger partial charge in [-0.1, -0.05) is 0 Å². The van der Waals surface area contributed by atoms with Crippen molar-refractivity contribution >= 4 is 15.9 Å². The van der Waals surface area contributed by atoms with Gasteiger partial charge in [0, 0.05) is 33.2 Å². The Kier molecular flexibility index (Phi) is 5.93. The molecular formula is C12H24N2O5S. The zero-order chi connectivity index (χ0) is 15.4. The van der Waals surface area contributed by atoms with Crippen LogP contribution in [0.2, 0.25) is 0 Å². The van der Waals surface area contributed by atoms with Gasteiger partial charge in [-0.2, -0.15) is 4.31 Å². The fraction of sp³-hybridized carbons (Fsp3) is 0.917. The predicted molar refractivity (Wildman–Crippen MR) is 74.7 cm³/mol. The lowest BCUT2D eigenvalue weighted by Gasteiger charge is -2.26. The van der Waals surface area contributed by atoms with Gasteiger partial charge in [-0.15, -0.1) is 0 Å². The molecule has 2 atom stereocenters. The minimum atomic E-state index is -3.37. The average molecular weight is 308 g/mol. The van der Waals surface area contributed by atoms with Crippen LogP contribution in [0.5, 0.6) is 0 Å². The smallest absolute Gasteiger partial charge is 0.238 e. The summed E-state index contributed by atoms with van der Waals surface area (Å²) in [5.41, 5.74) is -1.07. The summed E-state index contributed by atoms with van der Waals surface area (Å²) in [7, 11) is -1.84. The molecule has 0 bridgehead atoms. The molecular weight excluding hydrogens is 284 g/mol. The van der Waals surface area contributed by atoms with E-state index in [1.807, 2.05) is 0 Å². The Labute approximate surface area is 120 Å². The standard InChI is InChI=1S/C12H24N2O5S/c1-12(16,6-8-19-2)9-13-11(15)10-5-4-7-14(10)20(3,17)18/h10,16H,4-9H2,1-3H3,(H,13,15). The second kappa shape index (κ2) is 6.84. The first-order valence-corrected chi connectivity index (χ1v) is 8.48. The lowest BCUT2D eigenvalue weighted by molar-refractivity contribution is -0.125. The number of nitrogens with one attached hydrogen (secondary N) is 1. The Morgan fingerprint density at radius 1 is 1.55 bits per heavy atom. The molecule has 0 aliphatic carbocycles. The summed E-state index contributed by atoms with van der Waals surface area (Å²) in [6.45, 7) is 2.44. The summed E-state index contributed by atoms with van der Waals surface area (Å²) >= 11 is 0.